The highest BCUT2D eigenvalue weighted by Crippen LogP contribution is 2.62. The average Bonchev–Trinajstić information content (AvgIpc) is 3.10. The number of aryl methyl sites for hydroxylation is 1. The van der Waals surface area contributed by atoms with E-state index in [1.165, 1.54) is 0 Å². The normalized spacial score (nSPS) is 26.2. The lowest BCUT2D eigenvalue weighted by Gasteiger charge is -2.58. The summed E-state index contributed by atoms with van der Waals surface area (Å²) in [5.74, 6) is 0.803. The highest BCUT2D eigenvalue weighted by atomic mass is 32.2. The lowest BCUT2D eigenvalue weighted by Crippen LogP contribution is -2.64. The zero-order chi connectivity index (χ0) is 34.6. The van der Waals surface area contributed by atoms with Crippen molar-refractivity contribution in [3.8, 4) is 11.5 Å². The number of hydrogen-bond acceptors (Lipinski definition) is 11. The molecule has 1 aromatic carbocycles. The standard InChI is InChI=1S/C37H50N4O7S/c1-4-19-46-37-33(49-20-14-26-24-38-15-16-40-26)23-31(41-45-3)29-21-25(10-6-8-17-42)28(11-7-9-18-43)34(35(29)37)30-22-27(12-13-32(30)48-37)47-36(44)39-5-2/h4,12-13,15-16,21-22,24-25,28,33-35,42-43H,1,5-11,14,17-20,23H2,2-3H3,(H,39,44)/t25-,28+,33-,34+,35+,37+/m0/s1. The van der Waals surface area contributed by atoms with E-state index in [9.17, 15) is 15.0 Å². The minimum Gasteiger partial charge on any atom is -0.460 e. The molecule has 6 atom stereocenters. The monoisotopic (exact) mass is 694 g/mol. The molecule has 49 heavy (non-hydrogen) atoms. The Morgan fingerprint density at radius 1 is 1.20 bits per heavy atom. The van der Waals surface area contributed by atoms with Gasteiger partial charge in [0.25, 0.3) is 0 Å². The third-order valence-electron chi connectivity index (χ3n) is 9.65. The predicted octanol–water partition coefficient (Wildman–Crippen LogP) is 5.82. The van der Waals surface area contributed by atoms with Crippen LogP contribution in [0.15, 0.2) is 66.2 Å². The fourth-order valence-corrected chi connectivity index (χ4v) is 9.08. The summed E-state index contributed by atoms with van der Waals surface area (Å²) < 4.78 is 19.7. The van der Waals surface area contributed by atoms with Gasteiger partial charge >= 0.3 is 6.09 Å². The zero-order valence-corrected chi connectivity index (χ0v) is 29.4. The molecule has 1 aliphatic heterocycles. The van der Waals surface area contributed by atoms with Crippen molar-refractivity contribution < 1.29 is 34.1 Å². The van der Waals surface area contributed by atoms with Crippen LogP contribution in [0.5, 0.6) is 11.5 Å². The SMILES string of the molecule is C=CCO[C@@]12Oc3ccc(OC(=O)NCC)cc3[C@H]3[C@H](CCCCO)[C@@H](CCCCO)C=C(C(=NOC)C[C@@H]1SCCc1cnccn1)[C@H]32. The highest BCUT2D eigenvalue weighted by Gasteiger charge is 2.63. The molecule has 2 aromatic rings. The van der Waals surface area contributed by atoms with Crippen molar-refractivity contribution in [3.05, 3.63) is 72.4 Å². The molecular formula is C37H50N4O7S. The van der Waals surface area contributed by atoms with Crippen LogP contribution >= 0.6 is 11.8 Å². The van der Waals surface area contributed by atoms with Gasteiger partial charge < -0.3 is 34.6 Å². The second-order valence-corrected chi connectivity index (χ2v) is 14.0. The number of amides is 1. The molecule has 1 fully saturated rings. The number of unbranched alkanes of at least 4 members (excludes halogenated alkanes) is 2. The summed E-state index contributed by atoms with van der Waals surface area (Å²) in [6, 6.07) is 5.60. The van der Waals surface area contributed by atoms with Crippen molar-refractivity contribution in [1.29, 1.82) is 0 Å². The van der Waals surface area contributed by atoms with Gasteiger partial charge in [0, 0.05) is 62.7 Å². The Hall–Kier alpha value is -3.45. The zero-order valence-electron chi connectivity index (χ0n) is 28.6. The molecule has 2 heterocycles. The number of benzene rings is 1. The summed E-state index contributed by atoms with van der Waals surface area (Å²) in [7, 11) is 1.58. The fourth-order valence-electron chi connectivity index (χ4n) is 7.70. The van der Waals surface area contributed by atoms with Crippen molar-refractivity contribution in [3.63, 3.8) is 0 Å². The minimum atomic E-state index is -1.06. The number of hydrogen-bond donors (Lipinski definition) is 3. The molecular weight excluding hydrogens is 644 g/mol. The van der Waals surface area contributed by atoms with Crippen LogP contribution in [-0.2, 0) is 16.0 Å². The lowest BCUT2D eigenvalue weighted by atomic mass is 9.56. The second kappa shape index (κ2) is 18.0. The van der Waals surface area contributed by atoms with Gasteiger partial charge in [-0.2, -0.15) is 11.8 Å². The average molecular weight is 695 g/mol. The summed E-state index contributed by atoms with van der Waals surface area (Å²) in [5.41, 5.74) is 3.79. The number of carbonyl (C=O) groups excluding carboxylic acids is 1. The van der Waals surface area contributed by atoms with Crippen LogP contribution < -0.4 is 14.8 Å². The molecule has 1 amide bonds. The maximum atomic E-state index is 12.5. The van der Waals surface area contributed by atoms with Crippen LogP contribution in [0, 0.1) is 17.8 Å². The Labute approximate surface area is 293 Å². The first kappa shape index (κ1) is 36.8. The van der Waals surface area contributed by atoms with E-state index in [1.54, 1.807) is 49.6 Å². The summed E-state index contributed by atoms with van der Waals surface area (Å²) in [4.78, 5) is 26.7. The van der Waals surface area contributed by atoms with Gasteiger partial charge in [0.15, 0.2) is 0 Å². The number of thioether (sulfide) groups is 1. The Balaban J connectivity index is 1.66. The first-order chi connectivity index (χ1) is 24.0. The Morgan fingerprint density at radius 3 is 2.73 bits per heavy atom. The van der Waals surface area contributed by atoms with E-state index < -0.39 is 11.9 Å². The van der Waals surface area contributed by atoms with Gasteiger partial charge in [-0.3, -0.25) is 9.97 Å². The molecule has 0 spiro atoms. The molecule has 1 aromatic heterocycles. The van der Waals surface area contributed by atoms with Crippen molar-refractivity contribution in [2.75, 3.05) is 39.2 Å². The van der Waals surface area contributed by atoms with E-state index in [1.807, 2.05) is 19.1 Å². The van der Waals surface area contributed by atoms with E-state index in [0.717, 1.165) is 66.8 Å². The summed E-state index contributed by atoms with van der Waals surface area (Å²) in [6.45, 7) is 6.84. The Bertz CT molecular complexity index is 1460. The Morgan fingerprint density at radius 2 is 2.02 bits per heavy atom. The van der Waals surface area contributed by atoms with E-state index in [4.69, 9.17) is 19.0 Å². The number of nitrogens with zero attached hydrogens (tertiary/aromatic N) is 3. The van der Waals surface area contributed by atoms with Crippen LogP contribution in [-0.4, -0.2) is 82.3 Å². The van der Waals surface area contributed by atoms with Crippen molar-refractivity contribution in [2.24, 2.45) is 22.9 Å². The molecule has 2 aliphatic carbocycles. The van der Waals surface area contributed by atoms with Gasteiger partial charge in [0.05, 0.1) is 29.2 Å². The van der Waals surface area contributed by atoms with Gasteiger partial charge in [0.2, 0.25) is 5.79 Å². The topological polar surface area (TPSA) is 145 Å². The Kier molecular flexibility index (Phi) is 13.5. The van der Waals surface area contributed by atoms with Gasteiger partial charge in [-0.25, -0.2) is 4.79 Å². The molecule has 5 rings (SSSR count). The van der Waals surface area contributed by atoms with Gasteiger partial charge in [-0.1, -0.05) is 30.1 Å². The third kappa shape index (κ3) is 8.48. The molecule has 3 aliphatic rings. The largest absolute Gasteiger partial charge is 0.460 e. The predicted molar refractivity (Wildman–Crippen MR) is 190 cm³/mol. The van der Waals surface area contributed by atoms with Crippen LogP contribution in [0.3, 0.4) is 0 Å². The van der Waals surface area contributed by atoms with Crippen LogP contribution in [0.1, 0.15) is 69.0 Å². The summed E-state index contributed by atoms with van der Waals surface area (Å²) in [5, 5.41) is 26.6. The number of aliphatic hydroxyl groups excluding tert-OH is 2. The molecule has 3 N–H and O–H groups in total. The lowest BCUT2D eigenvalue weighted by molar-refractivity contribution is -0.223. The van der Waals surface area contributed by atoms with E-state index in [0.29, 0.717) is 30.9 Å². The molecule has 0 unspecified atom stereocenters. The molecule has 0 bridgehead atoms. The first-order valence-corrected chi connectivity index (χ1v) is 18.5. The van der Waals surface area contributed by atoms with Crippen LogP contribution in [0.25, 0.3) is 0 Å². The molecule has 0 saturated heterocycles. The fraction of sp³-hybridized carbons (Fsp3) is 0.568. The van der Waals surface area contributed by atoms with E-state index in [2.05, 4.69) is 33.1 Å². The number of aromatic nitrogens is 2. The molecule has 266 valence electrons. The van der Waals surface area contributed by atoms with Gasteiger partial charge in [0.1, 0.15) is 18.6 Å². The number of ether oxygens (including phenoxy) is 3. The highest BCUT2D eigenvalue weighted by molar-refractivity contribution is 8.00. The number of nitrogens with one attached hydrogen (secondary N) is 1. The molecule has 12 heteroatoms. The number of aliphatic hydroxyl groups is 2. The maximum absolute atomic E-state index is 12.5. The summed E-state index contributed by atoms with van der Waals surface area (Å²) in [6.07, 6.45) is 15.0. The van der Waals surface area contributed by atoms with Crippen molar-refractivity contribution >= 4 is 23.6 Å². The smallest absolute Gasteiger partial charge is 0.412 e. The number of fused-ring (bicyclic) bond motifs is 2. The number of rotatable bonds is 18. The first-order valence-electron chi connectivity index (χ1n) is 17.4. The van der Waals surface area contributed by atoms with E-state index in [-0.39, 0.29) is 48.7 Å². The van der Waals surface area contributed by atoms with Crippen LogP contribution in [0.4, 0.5) is 4.79 Å². The molecule has 1 saturated carbocycles. The van der Waals surface area contributed by atoms with Crippen molar-refractivity contribution in [2.45, 2.75) is 75.2 Å². The van der Waals surface area contributed by atoms with Crippen molar-refractivity contribution in [1.82, 2.24) is 15.3 Å². The third-order valence-corrected chi connectivity index (χ3v) is 11.0. The maximum Gasteiger partial charge on any atom is 0.412 e. The number of carbonyl (C=O) groups is 1. The van der Waals surface area contributed by atoms with Gasteiger partial charge in [-0.05, 0) is 74.0 Å². The molecule has 0 radical (unpaired) electrons. The minimum absolute atomic E-state index is 0.0883. The van der Waals surface area contributed by atoms with Gasteiger partial charge in [-0.15, -0.1) is 6.58 Å². The quantitative estimate of drug-likeness (QED) is 0.0991. The molecule has 11 nitrogen and oxygen atoms in total. The van der Waals surface area contributed by atoms with E-state index >= 15 is 0 Å². The number of oxime groups is 1. The number of allylic oxidation sites excluding steroid dienone is 1. The summed E-state index contributed by atoms with van der Waals surface area (Å²) >= 11 is 1.77. The second-order valence-electron chi connectivity index (χ2n) is 12.7. The van der Waals surface area contributed by atoms with Crippen LogP contribution in [0.2, 0.25) is 0 Å².